The van der Waals surface area contributed by atoms with E-state index in [1.807, 2.05) is 0 Å². The van der Waals surface area contributed by atoms with Crippen molar-refractivity contribution in [1.82, 2.24) is 5.32 Å². The van der Waals surface area contributed by atoms with Crippen molar-refractivity contribution in [3.05, 3.63) is 48.0 Å². The van der Waals surface area contributed by atoms with Gasteiger partial charge in [-0.05, 0) is 12.5 Å². The fourth-order valence-electron chi connectivity index (χ4n) is 1.41. The molecule has 5 nitrogen and oxygen atoms in total. The van der Waals surface area contributed by atoms with Crippen LogP contribution in [0, 0.1) is 0 Å². The lowest BCUT2D eigenvalue weighted by molar-refractivity contribution is -0.148. The molecule has 1 aromatic rings. The summed E-state index contributed by atoms with van der Waals surface area (Å²) in [6, 6.07) is 7.42. The third-order valence-electron chi connectivity index (χ3n) is 2.40. The van der Waals surface area contributed by atoms with Crippen LogP contribution in [0.2, 0.25) is 0 Å². The molecule has 0 fully saturated rings. The second-order valence-electron chi connectivity index (χ2n) is 3.93. The van der Waals surface area contributed by atoms with Gasteiger partial charge in [0.15, 0.2) is 6.10 Å². The molecule has 5 heteroatoms. The monoisotopic (exact) mass is 249 g/mol. The smallest absolute Gasteiger partial charge is 0.335 e. The Hall–Kier alpha value is -2.14. The Morgan fingerprint density at radius 3 is 2.28 bits per heavy atom. The number of hydrogen-bond acceptors (Lipinski definition) is 3. The Morgan fingerprint density at radius 1 is 1.28 bits per heavy atom. The first-order chi connectivity index (χ1) is 8.43. The van der Waals surface area contributed by atoms with E-state index >= 15 is 0 Å². The van der Waals surface area contributed by atoms with Crippen LogP contribution in [0.3, 0.4) is 0 Å². The average molecular weight is 249 g/mol. The molecule has 1 amide bonds. The normalized spacial score (nSPS) is 13.4. The molecular formula is C13H15NO4. The molecule has 2 unspecified atom stereocenters. The van der Waals surface area contributed by atoms with Crippen LogP contribution in [0.1, 0.15) is 18.5 Å². The minimum atomic E-state index is -1.71. The molecule has 0 aromatic heterocycles. The van der Waals surface area contributed by atoms with Gasteiger partial charge < -0.3 is 15.5 Å². The molecule has 0 aliphatic carbocycles. The number of aliphatic carboxylic acids is 1. The highest BCUT2D eigenvalue weighted by Crippen LogP contribution is 2.17. The van der Waals surface area contributed by atoms with Crippen LogP contribution in [0.4, 0.5) is 0 Å². The largest absolute Gasteiger partial charge is 0.479 e. The molecular weight excluding hydrogens is 234 g/mol. The van der Waals surface area contributed by atoms with Crippen LogP contribution in [-0.4, -0.2) is 28.2 Å². The lowest BCUT2D eigenvalue weighted by Crippen LogP contribution is -2.40. The number of carbonyl (C=O) groups is 2. The van der Waals surface area contributed by atoms with Crippen LogP contribution in [0.15, 0.2) is 42.5 Å². The summed E-state index contributed by atoms with van der Waals surface area (Å²) in [5.74, 6) is -1.89. The van der Waals surface area contributed by atoms with E-state index in [-0.39, 0.29) is 5.57 Å². The minimum Gasteiger partial charge on any atom is -0.479 e. The molecule has 0 saturated carbocycles. The van der Waals surface area contributed by atoms with Crippen molar-refractivity contribution in [2.24, 2.45) is 0 Å². The van der Waals surface area contributed by atoms with E-state index in [9.17, 15) is 14.7 Å². The number of amides is 1. The van der Waals surface area contributed by atoms with E-state index in [1.54, 1.807) is 30.3 Å². The fraction of sp³-hybridized carbons (Fsp3) is 0.231. The van der Waals surface area contributed by atoms with Crippen molar-refractivity contribution >= 4 is 11.9 Å². The summed E-state index contributed by atoms with van der Waals surface area (Å²) in [4.78, 5) is 22.4. The van der Waals surface area contributed by atoms with Gasteiger partial charge in [0.05, 0.1) is 6.04 Å². The third kappa shape index (κ3) is 3.43. The Balaban J connectivity index is 3.00. The van der Waals surface area contributed by atoms with Crippen LogP contribution in [-0.2, 0) is 9.59 Å². The number of carbonyl (C=O) groups excluding carboxylic acids is 1. The van der Waals surface area contributed by atoms with Crippen molar-refractivity contribution in [3.8, 4) is 0 Å². The second kappa shape index (κ2) is 5.97. The number of aliphatic hydroxyl groups is 1. The van der Waals surface area contributed by atoms with Crippen molar-refractivity contribution in [2.45, 2.75) is 19.1 Å². The maximum Gasteiger partial charge on any atom is 0.335 e. The average Bonchev–Trinajstić information content (AvgIpc) is 2.35. The fourth-order valence-corrected chi connectivity index (χ4v) is 1.41. The molecule has 0 saturated heterocycles. The molecule has 1 aromatic carbocycles. The maximum absolute atomic E-state index is 11.5. The molecule has 18 heavy (non-hydrogen) atoms. The number of hydrogen-bond donors (Lipinski definition) is 3. The van der Waals surface area contributed by atoms with E-state index in [2.05, 4.69) is 11.9 Å². The van der Waals surface area contributed by atoms with Crippen molar-refractivity contribution < 1.29 is 19.8 Å². The number of nitrogens with one attached hydrogen (secondary N) is 1. The van der Waals surface area contributed by atoms with E-state index in [4.69, 9.17) is 5.11 Å². The standard InChI is InChI=1S/C13H15NO4/c1-8(2)12(16)14-10(11(15)13(17)18)9-6-4-3-5-7-9/h3-7,10-11,15H,1H2,2H3,(H,14,16)(H,17,18). The second-order valence-corrected chi connectivity index (χ2v) is 3.93. The predicted molar refractivity (Wildman–Crippen MR) is 65.8 cm³/mol. The Kier molecular flexibility index (Phi) is 4.62. The minimum absolute atomic E-state index is 0.244. The van der Waals surface area contributed by atoms with Crippen LogP contribution in [0.25, 0.3) is 0 Å². The van der Waals surface area contributed by atoms with Gasteiger partial charge in [0.2, 0.25) is 5.91 Å². The van der Waals surface area contributed by atoms with Crippen LogP contribution in [0.5, 0.6) is 0 Å². The number of carboxylic acids is 1. The van der Waals surface area contributed by atoms with Gasteiger partial charge in [-0.15, -0.1) is 0 Å². The predicted octanol–water partition coefficient (Wildman–Crippen LogP) is 0.865. The Morgan fingerprint density at radius 2 is 1.83 bits per heavy atom. The van der Waals surface area contributed by atoms with Gasteiger partial charge in [0, 0.05) is 5.57 Å². The molecule has 0 spiro atoms. The summed E-state index contributed by atoms with van der Waals surface area (Å²) < 4.78 is 0. The topological polar surface area (TPSA) is 86.6 Å². The molecule has 0 heterocycles. The zero-order chi connectivity index (χ0) is 13.7. The van der Waals surface area contributed by atoms with Crippen LogP contribution >= 0.6 is 0 Å². The SMILES string of the molecule is C=C(C)C(=O)NC(c1ccccc1)C(O)C(=O)O. The van der Waals surface area contributed by atoms with Crippen molar-refractivity contribution in [1.29, 1.82) is 0 Å². The lowest BCUT2D eigenvalue weighted by Gasteiger charge is -2.21. The van der Waals surface area contributed by atoms with E-state index < -0.39 is 24.0 Å². The molecule has 0 aliphatic heterocycles. The number of rotatable bonds is 5. The van der Waals surface area contributed by atoms with Gasteiger partial charge in [-0.1, -0.05) is 36.9 Å². The number of benzene rings is 1. The van der Waals surface area contributed by atoms with E-state index in [1.165, 1.54) is 6.92 Å². The summed E-state index contributed by atoms with van der Waals surface area (Å²) in [7, 11) is 0. The first-order valence-corrected chi connectivity index (χ1v) is 5.35. The lowest BCUT2D eigenvalue weighted by atomic mass is 10.0. The highest BCUT2D eigenvalue weighted by atomic mass is 16.4. The van der Waals surface area contributed by atoms with Gasteiger partial charge in [-0.3, -0.25) is 4.79 Å². The maximum atomic E-state index is 11.5. The van der Waals surface area contributed by atoms with Crippen LogP contribution < -0.4 is 5.32 Å². The van der Waals surface area contributed by atoms with Gasteiger partial charge in [0.1, 0.15) is 0 Å². The number of aliphatic hydroxyl groups excluding tert-OH is 1. The molecule has 0 radical (unpaired) electrons. The quantitative estimate of drug-likeness (QED) is 0.676. The summed E-state index contributed by atoms with van der Waals surface area (Å²) in [6.07, 6.45) is -1.71. The first kappa shape index (κ1) is 13.9. The molecule has 2 atom stereocenters. The van der Waals surface area contributed by atoms with Crippen molar-refractivity contribution in [3.63, 3.8) is 0 Å². The molecule has 3 N–H and O–H groups in total. The molecule has 1 rings (SSSR count). The summed E-state index contributed by atoms with van der Waals surface area (Å²) in [5, 5.41) is 20.9. The third-order valence-corrected chi connectivity index (χ3v) is 2.40. The van der Waals surface area contributed by atoms with E-state index in [0.717, 1.165) is 0 Å². The summed E-state index contributed by atoms with van der Waals surface area (Å²) in [5.41, 5.74) is 0.760. The molecule has 0 bridgehead atoms. The zero-order valence-corrected chi connectivity index (χ0v) is 9.96. The van der Waals surface area contributed by atoms with Gasteiger partial charge in [0.25, 0.3) is 0 Å². The number of carboxylic acid groups (broad SMARTS) is 1. The van der Waals surface area contributed by atoms with Gasteiger partial charge >= 0.3 is 5.97 Å². The summed E-state index contributed by atoms with van der Waals surface area (Å²) >= 11 is 0. The molecule has 0 aliphatic rings. The highest BCUT2D eigenvalue weighted by Gasteiger charge is 2.28. The van der Waals surface area contributed by atoms with Gasteiger partial charge in [-0.2, -0.15) is 0 Å². The first-order valence-electron chi connectivity index (χ1n) is 5.35. The highest BCUT2D eigenvalue weighted by molar-refractivity contribution is 5.92. The molecule has 96 valence electrons. The van der Waals surface area contributed by atoms with Gasteiger partial charge in [-0.25, -0.2) is 4.79 Å². The zero-order valence-electron chi connectivity index (χ0n) is 9.96. The Labute approximate surface area is 105 Å². The van der Waals surface area contributed by atoms with Crippen molar-refractivity contribution in [2.75, 3.05) is 0 Å². The van der Waals surface area contributed by atoms with E-state index in [0.29, 0.717) is 5.56 Å². The summed E-state index contributed by atoms with van der Waals surface area (Å²) in [6.45, 7) is 4.97. The Bertz CT molecular complexity index is 455.